The summed E-state index contributed by atoms with van der Waals surface area (Å²) in [6.45, 7) is 10.5. The molecule has 0 aromatic carbocycles. The lowest BCUT2D eigenvalue weighted by Crippen LogP contribution is -2.52. The van der Waals surface area contributed by atoms with Crippen molar-refractivity contribution in [3.8, 4) is 0 Å². The zero-order valence-electron chi connectivity index (χ0n) is 11.7. The lowest BCUT2D eigenvalue weighted by molar-refractivity contribution is 0.0551. The first kappa shape index (κ1) is 17.3. The molecule has 0 saturated carbocycles. The van der Waals surface area contributed by atoms with Crippen LogP contribution in [0.4, 0.5) is 0 Å². The molecule has 0 aliphatic carbocycles. The highest BCUT2D eigenvalue weighted by Crippen LogP contribution is 2.11. The summed E-state index contributed by atoms with van der Waals surface area (Å²) in [5.41, 5.74) is -0.120. The van der Waals surface area contributed by atoms with Crippen molar-refractivity contribution < 1.29 is 5.11 Å². The van der Waals surface area contributed by atoms with Gasteiger partial charge in [-0.25, -0.2) is 0 Å². The fourth-order valence-corrected chi connectivity index (χ4v) is 1.03. The predicted molar refractivity (Wildman–Crippen MR) is 68.3 cm³/mol. The van der Waals surface area contributed by atoms with Crippen molar-refractivity contribution in [2.24, 2.45) is 0 Å². The van der Waals surface area contributed by atoms with E-state index in [0.29, 0.717) is 0 Å². The first-order valence-electron chi connectivity index (χ1n) is 5.84. The van der Waals surface area contributed by atoms with E-state index >= 15 is 0 Å². The molecule has 0 aromatic heterocycles. The second-order valence-corrected chi connectivity index (χ2v) is 4.59. The molecule has 0 rings (SSSR count). The minimum Gasteiger partial charge on any atom is -0.394 e. The van der Waals surface area contributed by atoms with Gasteiger partial charge in [-0.15, -0.1) is 0 Å². The largest absolute Gasteiger partial charge is 0.394 e. The highest BCUT2D eigenvalue weighted by Gasteiger charge is 2.26. The maximum atomic E-state index is 9.23. The number of likely N-dealkylation sites (N-methyl/N-ethyl adjacent to an activating group) is 2. The van der Waals surface area contributed by atoms with Crippen molar-refractivity contribution in [1.82, 2.24) is 9.80 Å². The predicted octanol–water partition coefficient (Wildman–Crippen LogP) is 1.67. The van der Waals surface area contributed by atoms with E-state index in [2.05, 4.69) is 44.5 Å². The number of aliphatic hydroxyl groups is 1. The smallest absolute Gasteiger partial charge is 0.0625 e. The topological polar surface area (TPSA) is 26.7 Å². The Kier molecular flexibility index (Phi) is 10.5. The maximum absolute atomic E-state index is 9.23. The summed E-state index contributed by atoms with van der Waals surface area (Å²) in [6, 6.07) is 0. The highest BCUT2D eigenvalue weighted by atomic mass is 16.3. The minimum absolute atomic E-state index is 0.120. The van der Waals surface area contributed by atoms with Crippen molar-refractivity contribution in [2.75, 3.05) is 40.8 Å². The van der Waals surface area contributed by atoms with Crippen molar-refractivity contribution in [3.63, 3.8) is 0 Å². The molecule has 0 fully saturated rings. The number of rotatable bonds is 5. The molecule has 0 amide bonds. The average Bonchev–Trinajstić information content (AvgIpc) is 2.18. The minimum atomic E-state index is -0.120. The molecule has 94 valence electrons. The fourth-order valence-electron chi connectivity index (χ4n) is 1.03. The molecule has 0 aromatic rings. The van der Waals surface area contributed by atoms with Crippen LogP contribution in [0.1, 0.15) is 34.1 Å². The molecule has 0 aliphatic rings. The van der Waals surface area contributed by atoms with E-state index in [4.69, 9.17) is 0 Å². The fraction of sp³-hybridized carbons (Fsp3) is 1.00. The third-order valence-electron chi connectivity index (χ3n) is 2.57. The van der Waals surface area contributed by atoms with Crippen LogP contribution >= 0.6 is 0 Å². The Balaban J connectivity index is 0. The van der Waals surface area contributed by atoms with E-state index in [9.17, 15) is 5.11 Å². The van der Waals surface area contributed by atoms with Crippen molar-refractivity contribution in [1.29, 1.82) is 0 Å². The molecule has 0 spiro atoms. The summed E-state index contributed by atoms with van der Waals surface area (Å²) in [4.78, 5) is 4.27. The summed E-state index contributed by atoms with van der Waals surface area (Å²) in [5, 5.41) is 9.23. The van der Waals surface area contributed by atoms with Gasteiger partial charge in [0.2, 0.25) is 0 Å². The number of aliphatic hydroxyl groups excluding tert-OH is 1. The lowest BCUT2D eigenvalue weighted by Gasteiger charge is -2.37. The molecule has 0 heterocycles. The van der Waals surface area contributed by atoms with Crippen LogP contribution in [0.15, 0.2) is 0 Å². The summed E-state index contributed by atoms with van der Waals surface area (Å²) < 4.78 is 0. The van der Waals surface area contributed by atoms with Gasteiger partial charge in [0, 0.05) is 6.54 Å². The molecule has 1 atom stereocenters. The Morgan fingerprint density at radius 2 is 1.47 bits per heavy atom. The molecule has 0 bridgehead atoms. The van der Waals surface area contributed by atoms with Crippen LogP contribution in [0.2, 0.25) is 0 Å². The van der Waals surface area contributed by atoms with E-state index in [1.807, 2.05) is 14.1 Å². The second-order valence-electron chi connectivity index (χ2n) is 4.59. The van der Waals surface area contributed by atoms with Crippen LogP contribution in [0, 0.1) is 0 Å². The molecule has 0 radical (unpaired) electrons. The maximum Gasteiger partial charge on any atom is 0.0625 e. The first-order chi connectivity index (χ1) is 6.87. The van der Waals surface area contributed by atoms with Gasteiger partial charge in [-0.3, -0.25) is 0 Å². The molecule has 3 heteroatoms. The van der Waals surface area contributed by atoms with Crippen LogP contribution in [0.25, 0.3) is 0 Å². The van der Waals surface area contributed by atoms with Gasteiger partial charge in [-0.2, -0.15) is 0 Å². The Bertz CT molecular complexity index is 140. The molecule has 3 nitrogen and oxygen atoms in total. The summed E-state index contributed by atoms with van der Waals surface area (Å²) in [7, 11) is 6.07. The van der Waals surface area contributed by atoms with E-state index in [1.54, 1.807) is 0 Å². The van der Waals surface area contributed by atoms with E-state index < -0.39 is 0 Å². The molecular formula is C12H30N2O. The zero-order chi connectivity index (χ0) is 12.5. The standard InChI is InChI=1S/C9H22N2O.C3H8/c1-6-11(5)7-9(2,8-12)10(3)4;1-3-2/h12H,6-8H2,1-5H3;3H2,1-2H3. The average molecular weight is 218 g/mol. The Hall–Kier alpha value is -0.120. The quantitative estimate of drug-likeness (QED) is 0.760. The van der Waals surface area contributed by atoms with Crippen LogP contribution in [0.5, 0.6) is 0 Å². The van der Waals surface area contributed by atoms with Gasteiger partial charge >= 0.3 is 0 Å². The van der Waals surface area contributed by atoms with Crippen molar-refractivity contribution in [2.45, 2.75) is 39.7 Å². The van der Waals surface area contributed by atoms with Gasteiger partial charge in [-0.1, -0.05) is 27.2 Å². The third-order valence-corrected chi connectivity index (χ3v) is 2.57. The van der Waals surface area contributed by atoms with Crippen molar-refractivity contribution in [3.05, 3.63) is 0 Å². The van der Waals surface area contributed by atoms with Crippen LogP contribution in [-0.2, 0) is 0 Å². The zero-order valence-corrected chi connectivity index (χ0v) is 11.7. The molecule has 0 aliphatic heterocycles. The Morgan fingerprint density at radius 1 is 1.07 bits per heavy atom. The second kappa shape index (κ2) is 9.13. The number of nitrogens with zero attached hydrogens (tertiary/aromatic N) is 2. The van der Waals surface area contributed by atoms with Crippen LogP contribution < -0.4 is 0 Å². The van der Waals surface area contributed by atoms with Gasteiger partial charge in [0.15, 0.2) is 0 Å². The molecule has 0 saturated heterocycles. The highest BCUT2D eigenvalue weighted by molar-refractivity contribution is 4.84. The normalized spacial score (nSPS) is 14.8. The van der Waals surface area contributed by atoms with Gasteiger partial charge < -0.3 is 14.9 Å². The lowest BCUT2D eigenvalue weighted by atomic mass is 10.0. The third kappa shape index (κ3) is 7.77. The number of hydrogen-bond acceptors (Lipinski definition) is 3. The monoisotopic (exact) mass is 218 g/mol. The molecular weight excluding hydrogens is 188 g/mol. The van der Waals surface area contributed by atoms with E-state index in [-0.39, 0.29) is 12.1 Å². The van der Waals surface area contributed by atoms with E-state index in [0.717, 1.165) is 13.1 Å². The summed E-state index contributed by atoms with van der Waals surface area (Å²) in [6.07, 6.45) is 1.25. The van der Waals surface area contributed by atoms with Crippen LogP contribution in [0.3, 0.4) is 0 Å². The summed E-state index contributed by atoms with van der Waals surface area (Å²) >= 11 is 0. The van der Waals surface area contributed by atoms with Crippen LogP contribution in [-0.4, -0.2) is 61.3 Å². The van der Waals surface area contributed by atoms with Gasteiger partial charge in [0.05, 0.1) is 12.1 Å². The summed E-state index contributed by atoms with van der Waals surface area (Å²) in [5.74, 6) is 0. The van der Waals surface area contributed by atoms with Gasteiger partial charge in [-0.05, 0) is 34.6 Å². The van der Waals surface area contributed by atoms with Gasteiger partial charge in [0.25, 0.3) is 0 Å². The molecule has 15 heavy (non-hydrogen) atoms. The van der Waals surface area contributed by atoms with Crippen molar-refractivity contribution >= 4 is 0 Å². The first-order valence-corrected chi connectivity index (χ1v) is 5.84. The Morgan fingerprint density at radius 3 is 1.67 bits per heavy atom. The molecule has 1 N–H and O–H groups in total. The number of hydrogen-bond donors (Lipinski definition) is 1. The van der Waals surface area contributed by atoms with E-state index in [1.165, 1.54) is 6.42 Å². The Labute approximate surface area is 96.1 Å². The van der Waals surface area contributed by atoms with Gasteiger partial charge in [0.1, 0.15) is 0 Å². The molecule has 1 unspecified atom stereocenters. The SMILES string of the molecule is CCC.CCN(C)CC(C)(CO)N(C)C.